The fourth-order valence-corrected chi connectivity index (χ4v) is 2.53. The zero-order chi connectivity index (χ0) is 12.7. The van der Waals surface area contributed by atoms with Crippen LogP contribution in [0.15, 0.2) is 42.7 Å². The smallest absolute Gasteiger partial charge is 0.159 e. The number of hydrogen-bond donors (Lipinski definition) is 1. The molecule has 1 aliphatic carbocycles. The summed E-state index contributed by atoms with van der Waals surface area (Å²) in [5.41, 5.74) is 5.56. The number of nitrogens with one attached hydrogen (secondary N) is 1. The van der Waals surface area contributed by atoms with Gasteiger partial charge in [-0.05, 0) is 18.4 Å². The Morgan fingerprint density at radius 2 is 1.89 bits per heavy atom. The van der Waals surface area contributed by atoms with Gasteiger partial charge in [-0.3, -0.25) is 5.10 Å². The lowest BCUT2D eigenvalue weighted by Gasteiger charge is -2.15. The van der Waals surface area contributed by atoms with Crippen molar-refractivity contribution in [2.75, 3.05) is 0 Å². The summed E-state index contributed by atoms with van der Waals surface area (Å²) in [5, 5.41) is 7.15. The number of hydrogen-bond acceptors (Lipinski definition) is 3. The second-order valence-corrected chi connectivity index (χ2v) is 4.69. The fourth-order valence-electron chi connectivity index (χ4n) is 2.53. The Kier molecular flexibility index (Phi) is 2.21. The number of aromatic nitrogens is 4. The summed E-state index contributed by atoms with van der Waals surface area (Å²) in [7, 11) is 0. The summed E-state index contributed by atoms with van der Waals surface area (Å²) >= 11 is 0. The average Bonchev–Trinajstić information content (AvgIpc) is 2.96. The van der Waals surface area contributed by atoms with E-state index in [9.17, 15) is 0 Å². The van der Waals surface area contributed by atoms with Gasteiger partial charge >= 0.3 is 0 Å². The van der Waals surface area contributed by atoms with Crippen LogP contribution >= 0.6 is 0 Å². The first-order chi connectivity index (χ1) is 9.42. The van der Waals surface area contributed by atoms with Crippen molar-refractivity contribution in [1.29, 1.82) is 0 Å². The molecule has 2 heterocycles. The third-order valence-electron chi connectivity index (χ3n) is 3.52. The monoisotopic (exact) mass is 248 g/mol. The SMILES string of the molecule is c1ccc(-c2ncc3c(n2)CCc2cn[nH]c2-3)cc1. The van der Waals surface area contributed by atoms with E-state index in [1.165, 1.54) is 5.56 Å². The van der Waals surface area contributed by atoms with Gasteiger partial charge in [-0.15, -0.1) is 0 Å². The molecular formula is C15H12N4. The highest BCUT2D eigenvalue weighted by Crippen LogP contribution is 2.30. The first-order valence-electron chi connectivity index (χ1n) is 6.36. The second-order valence-electron chi connectivity index (χ2n) is 4.69. The van der Waals surface area contributed by atoms with Crippen molar-refractivity contribution in [1.82, 2.24) is 20.2 Å². The summed E-state index contributed by atoms with van der Waals surface area (Å²) in [6.07, 6.45) is 5.73. The lowest BCUT2D eigenvalue weighted by atomic mass is 9.95. The standard InChI is InChI=1S/C15H12N4/c1-2-4-10(5-3-1)15-16-9-12-13(18-15)7-6-11-8-17-19-14(11)12/h1-5,8-9H,6-7H2,(H,17,19). The minimum atomic E-state index is 0.794. The van der Waals surface area contributed by atoms with E-state index in [1.807, 2.05) is 42.7 Å². The summed E-state index contributed by atoms with van der Waals surface area (Å²) in [5.74, 6) is 0.794. The summed E-state index contributed by atoms with van der Waals surface area (Å²) in [6.45, 7) is 0. The van der Waals surface area contributed by atoms with Crippen molar-refractivity contribution in [3.8, 4) is 22.6 Å². The van der Waals surface area contributed by atoms with Crippen LogP contribution < -0.4 is 0 Å². The topological polar surface area (TPSA) is 54.5 Å². The van der Waals surface area contributed by atoms with Crippen LogP contribution in [0.2, 0.25) is 0 Å². The maximum absolute atomic E-state index is 4.70. The fraction of sp³-hybridized carbons (Fsp3) is 0.133. The van der Waals surface area contributed by atoms with Crippen LogP contribution in [0.1, 0.15) is 11.3 Å². The predicted octanol–water partition coefficient (Wildman–Crippen LogP) is 2.63. The molecular weight excluding hydrogens is 236 g/mol. The first-order valence-corrected chi connectivity index (χ1v) is 6.36. The number of aromatic amines is 1. The van der Waals surface area contributed by atoms with Crippen LogP contribution in [0.3, 0.4) is 0 Å². The summed E-state index contributed by atoms with van der Waals surface area (Å²) in [4.78, 5) is 9.18. The number of benzene rings is 1. The van der Waals surface area contributed by atoms with E-state index in [1.54, 1.807) is 0 Å². The molecule has 2 aromatic heterocycles. The zero-order valence-corrected chi connectivity index (χ0v) is 10.3. The van der Waals surface area contributed by atoms with Crippen molar-refractivity contribution < 1.29 is 0 Å². The molecule has 4 rings (SSSR count). The van der Waals surface area contributed by atoms with Gasteiger partial charge in [-0.1, -0.05) is 30.3 Å². The Morgan fingerprint density at radius 1 is 1.00 bits per heavy atom. The van der Waals surface area contributed by atoms with Gasteiger partial charge in [0.2, 0.25) is 0 Å². The maximum atomic E-state index is 4.70. The molecule has 1 aliphatic rings. The predicted molar refractivity (Wildman–Crippen MR) is 72.5 cm³/mol. The van der Waals surface area contributed by atoms with E-state index in [0.717, 1.165) is 41.2 Å². The van der Waals surface area contributed by atoms with Crippen molar-refractivity contribution in [3.05, 3.63) is 54.0 Å². The van der Waals surface area contributed by atoms with Crippen molar-refractivity contribution >= 4 is 0 Å². The van der Waals surface area contributed by atoms with Crippen molar-refractivity contribution in [2.24, 2.45) is 0 Å². The van der Waals surface area contributed by atoms with E-state index in [2.05, 4.69) is 15.2 Å². The Morgan fingerprint density at radius 3 is 2.79 bits per heavy atom. The molecule has 0 saturated heterocycles. The normalized spacial score (nSPS) is 12.8. The molecule has 1 aromatic carbocycles. The molecule has 0 unspecified atom stereocenters. The zero-order valence-electron chi connectivity index (χ0n) is 10.3. The van der Waals surface area contributed by atoms with Gasteiger partial charge in [0, 0.05) is 17.3 Å². The van der Waals surface area contributed by atoms with E-state index < -0.39 is 0 Å². The molecule has 0 spiro atoms. The van der Waals surface area contributed by atoms with Gasteiger partial charge in [-0.2, -0.15) is 5.10 Å². The molecule has 0 saturated carbocycles. The number of rotatable bonds is 1. The highest BCUT2D eigenvalue weighted by atomic mass is 15.1. The number of aryl methyl sites for hydroxylation is 2. The van der Waals surface area contributed by atoms with Crippen LogP contribution in [-0.2, 0) is 12.8 Å². The van der Waals surface area contributed by atoms with Crippen LogP contribution in [0.4, 0.5) is 0 Å². The van der Waals surface area contributed by atoms with Gasteiger partial charge in [0.05, 0.1) is 17.6 Å². The Labute approximate surface area is 110 Å². The van der Waals surface area contributed by atoms with Crippen LogP contribution in [0.5, 0.6) is 0 Å². The van der Waals surface area contributed by atoms with Gasteiger partial charge in [-0.25, -0.2) is 9.97 Å². The first kappa shape index (κ1) is 10.4. The molecule has 92 valence electrons. The average molecular weight is 248 g/mol. The Hall–Kier alpha value is -2.49. The second kappa shape index (κ2) is 4.02. The molecule has 1 N–H and O–H groups in total. The molecule has 0 radical (unpaired) electrons. The third-order valence-corrected chi connectivity index (χ3v) is 3.52. The van der Waals surface area contributed by atoms with Gasteiger partial charge in [0.25, 0.3) is 0 Å². The van der Waals surface area contributed by atoms with Crippen molar-refractivity contribution in [3.63, 3.8) is 0 Å². The molecule has 0 atom stereocenters. The highest BCUT2D eigenvalue weighted by molar-refractivity contribution is 5.68. The van der Waals surface area contributed by atoms with Gasteiger partial charge in [0.15, 0.2) is 5.82 Å². The van der Waals surface area contributed by atoms with Gasteiger partial charge in [0.1, 0.15) is 0 Å². The van der Waals surface area contributed by atoms with Crippen LogP contribution in [0.25, 0.3) is 22.6 Å². The van der Waals surface area contributed by atoms with E-state index >= 15 is 0 Å². The van der Waals surface area contributed by atoms with Crippen LogP contribution in [-0.4, -0.2) is 20.2 Å². The quantitative estimate of drug-likeness (QED) is 0.720. The number of fused-ring (bicyclic) bond motifs is 3. The minimum Gasteiger partial charge on any atom is -0.277 e. The summed E-state index contributed by atoms with van der Waals surface area (Å²) < 4.78 is 0. The molecule has 0 aliphatic heterocycles. The number of nitrogens with zero attached hydrogens (tertiary/aromatic N) is 3. The van der Waals surface area contributed by atoms with Crippen LogP contribution in [0, 0.1) is 0 Å². The Bertz CT molecular complexity index is 731. The minimum absolute atomic E-state index is 0.794. The van der Waals surface area contributed by atoms with Crippen molar-refractivity contribution in [2.45, 2.75) is 12.8 Å². The maximum Gasteiger partial charge on any atom is 0.159 e. The third kappa shape index (κ3) is 1.64. The molecule has 4 nitrogen and oxygen atoms in total. The molecule has 19 heavy (non-hydrogen) atoms. The lowest BCUT2D eigenvalue weighted by Crippen LogP contribution is -2.07. The summed E-state index contributed by atoms with van der Waals surface area (Å²) in [6, 6.07) is 10.1. The Balaban J connectivity index is 1.85. The largest absolute Gasteiger partial charge is 0.277 e. The van der Waals surface area contributed by atoms with E-state index in [4.69, 9.17) is 4.98 Å². The lowest BCUT2D eigenvalue weighted by molar-refractivity contribution is 0.885. The molecule has 3 aromatic rings. The van der Waals surface area contributed by atoms with E-state index in [-0.39, 0.29) is 0 Å². The molecule has 0 amide bonds. The van der Waals surface area contributed by atoms with E-state index in [0.29, 0.717) is 0 Å². The van der Waals surface area contributed by atoms with Gasteiger partial charge < -0.3 is 0 Å². The number of H-pyrrole nitrogens is 1. The molecule has 0 bridgehead atoms. The molecule has 4 heteroatoms. The molecule has 0 fully saturated rings. The highest BCUT2D eigenvalue weighted by Gasteiger charge is 2.19.